The number of benzene rings is 1. The molecule has 3 heteroatoms. The van der Waals surface area contributed by atoms with Gasteiger partial charge in [-0.2, -0.15) is 0 Å². The zero-order chi connectivity index (χ0) is 16.7. The average molecular weight is 308 g/mol. The molecule has 0 fully saturated rings. The molecule has 2 aromatic rings. The van der Waals surface area contributed by atoms with E-state index in [0.717, 1.165) is 29.6 Å². The van der Waals surface area contributed by atoms with Crippen molar-refractivity contribution in [1.82, 2.24) is 9.55 Å². The summed E-state index contributed by atoms with van der Waals surface area (Å²) in [5.74, 6) is 0.850. The first kappa shape index (κ1) is 16.9. The van der Waals surface area contributed by atoms with Gasteiger partial charge in [-0.15, -0.1) is 0 Å². The van der Waals surface area contributed by atoms with E-state index in [1.165, 1.54) is 0 Å². The van der Waals surface area contributed by atoms with Crippen LogP contribution in [0.3, 0.4) is 0 Å². The highest BCUT2D eigenvalue weighted by molar-refractivity contribution is 5.36. The molecule has 1 aromatic carbocycles. The van der Waals surface area contributed by atoms with Crippen molar-refractivity contribution in [2.75, 3.05) is 0 Å². The predicted octanol–water partition coefficient (Wildman–Crippen LogP) is 2.40. The summed E-state index contributed by atoms with van der Waals surface area (Å²) in [4.78, 5) is 17.7. The van der Waals surface area contributed by atoms with Crippen LogP contribution in [0.1, 0.15) is 38.6 Å². The Morgan fingerprint density at radius 2 is 1.91 bits per heavy atom. The van der Waals surface area contributed by atoms with E-state index in [1.54, 1.807) is 4.57 Å². The lowest BCUT2D eigenvalue weighted by atomic mass is 10.2. The third kappa shape index (κ3) is 4.07. The van der Waals surface area contributed by atoms with Gasteiger partial charge in [0.2, 0.25) is 0 Å². The highest BCUT2D eigenvalue weighted by Crippen LogP contribution is 2.03. The number of nitrogens with zero attached hydrogens (tertiary/aromatic N) is 2. The molecule has 0 amide bonds. The fourth-order valence-electron chi connectivity index (χ4n) is 2.56. The molecule has 2 rings (SSSR count). The van der Waals surface area contributed by atoms with E-state index < -0.39 is 0 Å². The maximum Gasteiger partial charge on any atom is 0.261 e. The highest BCUT2D eigenvalue weighted by atomic mass is 16.1. The van der Waals surface area contributed by atoms with Crippen molar-refractivity contribution in [3.8, 4) is 0 Å². The van der Waals surface area contributed by atoms with Crippen LogP contribution in [0, 0.1) is 0 Å². The van der Waals surface area contributed by atoms with E-state index in [9.17, 15) is 4.79 Å². The Morgan fingerprint density at radius 1 is 1.17 bits per heavy atom. The first-order chi connectivity index (χ1) is 11.2. The summed E-state index contributed by atoms with van der Waals surface area (Å²) in [5, 5.41) is 1.42. The van der Waals surface area contributed by atoms with Gasteiger partial charge in [0.1, 0.15) is 5.82 Å². The van der Waals surface area contributed by atoms with Crippen LogP contribution in [0.4, 0.5) is 0 Å². The van der Waals surface area contributed by atoms with Crippen molar-refractivity contribution in [2.24, 2.45) is 0 Å². The van der Waals surface area contributed by atoms with Crippen LogP contribution >= 0.6 is 0 Å². The van der Waals surface area contributed by atoms with E-state index in [0.29, 0.717) is 11.8 Å². The first-order valence-corrected chi connectivity index (χ1v) is 8.14. The SMILES string of the molecule is C\C=C/C=c1/nc(CCC)n(Cc2ccccc2)c(=O)/c1=C/C. The molecule has 0 spiro atoms. The minimum Gasteiger partial charge on any atom is -0.292 e. The first-order valence-electron chi connectivity index (χ1n) is 8.14. The fourth-order valence-corrected chi connectivity index (χ4v) is 2.56. The van der Waals surface area contributed by atoms with Gasteiger partial charge >= 0.3 is 0 Å². The van der Waals surface area contributed by atoms with Crippen molar-refractivity contribution in [3.05, 3.63) is 74.8 Å². The molecular formula is C20H24N2O. The van der Waals surface area contributed by atoms with Gasteiger partial charge in [0, 0.05) is 6.42 Å². The van der Waals surface area contributed by atoms with Crippen LogP contribution in [0.15, 0.2) is 47.3 Å². The van der Waals surface area contributed by atoms with Crippen LogP contribution in [0.2, 0.25) is 0 Å². The lowest BCUT2D eigenvalue weighted by Gasteiger charge is -2.12. The molecule has 0 bridgehead atoms. The third-order valence-corrected chi connectivity index (χ3v) is 3.70. The topological polar surface area (TPSA) is 34.9 Å². The van der Waals surface area contributed by atoms with E-state index in [-0.39, 0.29) is 5.56 Å². The normalized spacial score (nSPS) is 13.2. The Morgan fingerprint density at radius 3 is 2.52 bits per heavy atom. The van der Waals surface area contributed by atoms with Crippen molar-refractivity contribution < 1.29 is 0 Å². The number of hydrogen-bond donors (Lipinski definition) is 0. The van der Waals surface area contributed by atoms with Gasteiger partial charge in [-0.3, -0.25) is 9.36 Å². The fraction of sp³-hybridized carbons (Fsp3) is 0.300. The molecule has 0 aliphatic heterocycles. The molecule has 0 N–H and O–H groups in total. The Bertz CT molecular complexity index is 846. The standard InChI is InChI=1S/C20H24N2O/c1-4-7-14-18-17(6-3)20(23)22(19(21-18)11-5-2)15-16-12-9-8-10-13-16/h4,6-10,12-14H,5,11,15H2,1-3H3/b7-4-,17-6+,18-14+. The number of hydrogen-bond acceptors (Lipinski definition) is 2. The summed E-state index contributed by atoms with van der Waals surface area (Å²) in [6.07, 6.45) is 9.37. The largest absolute Gasteiger partial charge is 0.292 e. The summed E-state index contributed by atoms with van der Waals surface area (Å²) in [5.41, 5.74) is 1.14. The summed E-state index contributed by atoms with van der Waals surface area (Å²) >= 11 is 0. The van der Waals surface area contributed by atoms with Crippen LogP contribution in [0.5, 0.6) is 0 Å². The Hall–Kier alpha value is -2.42. The average Bonchev–Trinajstić information content (AvgIpc) is 2.57. The molecule has 3 nitrogen and oxygen atoms in total. The van der Waals surface area contributed by atoms with Crippen LogP contribution < -0.4 is 16.1 Å². The number of aryl methyl sites for hydroxylation is 1. The number of allylic oxidation sites excluding steroid dienone is 2. The molecule has 0 saturated heterocycles. The monoisotopic (exact) mass is 308 g/mol. The molecule has 0 unspecified atom stereocenters. The number of aromatic nitrogens is 2. The second-order valence-corrected chi connectivity index (χ2v) is 5.43. The summed E-state index contributed by atoms with van der Waals surface area (Å²) in [6, 6.07) is 10.1. The van der Waals surface area contributed by atoms with E-state index in [4.69, 9.17) is 4.98 Å². The second-order valence-electron chi connectivity index (χ2n) is 5.43. The Balaban J connectivity index is 2.68. The Kier molecular flexibility index (Phi) is 6.10. The summed E-state index contributed by atoms with van der Waals surface area (Å²) in [6.45, 7) is 6.51. The Labute approximate surface area is 137 Å². The van der Waals surface area contributed by atoms with Crippen molar-refractivity contribution >= 4 is 12.2 Å². The van der Waals surface area contributed by atoms with Crippen molar-refractivity contribution in [2.45, 2.75) is 40.2 Å². The van der Waals surface area contributed by atoms with Crippen LogP contribution in [0.25, 0.3) is 12.2 Å². The highest BCUT2D eigenvalue weighted by Gasteiger charge is 2.08. The van der Waals surface area contributed by atoms with Gasteiger partial charge in [-0.1, -0.05) is 55.5 Å². The molecular weight excluding hydrogens is 284 g/mol. The molecule has 120 valence electrons. The lowest BCUT2D eigenvalue weighted by molar-refractivity contribution is 0.644. The smallest absolute Gasteiger partial charge is 0.261 e. The van der Waals surface area contributed by atoms with E-state index >= 15 is 0 Å². The van der Waals surface area contributed by atoms with Crippen LogP contribution in [-0.4, -0.2) is 9.55 Å². The zero-order valence-electron chi connectivity index (χ0n) is 14.1. The van der Waals surface area contributed by atoms with Gasteiger partial charge in [-0.25, -0.2) is 4.98 Å². The summed E-state index contributed by atoms with van der Waals surface area (Å²) < 4.78 is 1.81. The molecule has 0 aliphatic carbocycles. The van der Waals surface area contributed by atoms with Gasteiger partial charge in [-0.05, 0) is 31.9 Å². The quantitative estimate of drug-likeness (QED) is 0.850. The minimum absolute atomic E-state index is 0.0329. The van der Waals surface area contributed by atoms with E-state index in [2.05, 4.69) is 6.92 Å². The van der Waals surface area contributed by atoms with Gasteiger partial charge in [0.15, 0.2) is 0 Å². The van der Waals surface area contributed by atoms with Gasteiger partial charge < -0.3 is 0 Å². The third-order valence-electron chi connectivity index (χ3n) is 3.70. The maximum absolute atomic E-state index is 12.9. The molecule has 0 aliphatic rings. The van der Waals surface area contributed by atoms with Gasteiger partial charge in [0.25, 0.3) is 5.56 Å². The zero-order valence-corrected chi connectivity index (χ0v) is 14.1. The van der Waals surface area contributed by atoms with Gasteiger partial charge in [0.05, 0.1) is 17.1 Å². The lowest BCUT2D eigenvalue weighted by Crippen LogP contribution is -2.48. The van der Waals surface area contributed by atoms with E-state index in [1.807, 2.05) is 68.5 Å². The second kappa shape index (κ2) is 8.28. The molecule has 0 saturated carbocycles. The van der Waals surface area contributed by atoms with Crippen molar-refractivity contribution in [3.63, 3.8) is 0 Å². The molecule has 1 aromatic heterocycles. The maximum atomic E-state index is 12.9. The molecule has 0 atom stereocenters. The molecule has 0 radical (unpaired) electrons. The van der Waals surface area contributed by atoms with Crippen LogP contribution in [-0.2, 0) is 13.0 Å². The predicted molar refractivity (Wildman–Crippen MR) is 96.7 cm³/mol. The summed E-state index contributed by atoms with van der Waals surface area (Å²) in [7, 11) is 0. The minimum atomic E-state index is 0.0329. The molecule has 23 heavy (non-hydrogen) atoms. The van der Waals surface area contributed by atoms with Crippen molar-refractivity contribution in [1.29, 1.82) is 0 Å². The molecule has 1 heterocycles. The number of rotatable bonds is 5.